The first-order valence-electron chi connectivity index (χ1n) is 6.10. The average molecular weight is 218 g/mol. The molecule has 1 heterocycles. The minimum atomic E-state index is 0.406. The predicted molar refractivity (Wildman–Crippen MR) is 70.8 cm³/mol. The summed E-state index contributed by atoms with van der Waals surface area (Å²) in [6.45, 7) is 9.15. The third kappa shape index (κ3) is 2.31. The Bertz CT molecular complexity index is 377. The van der Waals surface area contributed by atoms with E-state index in [4.69, 9.17) is 5.73 Å². The molecular formula is C14H22N2. The van der Waals surface area contributed by atoms with Crippen molar-refractivity contribution in [2.45, 2.75) is 33.6 Å². The summed E-state index contributed by atoms with van der Waals surface area (Å²) in [5.74, 6) is 0. The van der Waals surface area contributed by atoms with Gasteiger partial charge in [-0.05, 0) is 30.4 Å². The van der Waals surface area contributed by atoms with Crippen LogP contribution in [0.1, 0.15) is 32.8 Å². The second kappa shape index (κ2) is 4.00. The van der Waals surface area contributed by atoms with Gasteiger partial charge >= 0.3 is 0 Å². The van der Waals surface area contributed by atoms with Crippen LogP contribution in [-0.4, -0.2) is 13.1 Å². The summed E-state index contributed by atoms with van der Waals surface area (Å²) in [7, 11) is 0. The van der Waals surface area contributed by atoms with Crippen molar-refractivity contribution in [1.29, 1.82) is 0 Å². The Hall–Kier alpha value is -1.18. The predicted octanol–water partition coefficient (Wildman–Crippen LogP) is 3.07. The van der Waals surface area contributed by atoms with E-state index in [9.17, 15) is 0 Å². The number of rotatable bonds is 2. The molecule has 0 bridgehead atoms. The maximum Gasteiger partial charge on any atom is 0.0420 e. The number of nitrogens with zero attached hydrogens (tertiary/aromatic N) is 1. The highest BCUT2D eigenvalue weighted by Gasteiger charge is 2.22. The largest absolute Gasteiger partial charge is 0.398 e. The van der Waals surface area contributed by atoms with Gasteiger partial charge in [0.25, 0.3) is 0 Å². The third-order valence-electron chi connectivity index (χ3n) is 3.29. The normalized spacial score (nSPS) is 15.3. The average Bonchev–Trinajstić information content (AvgIpc) is 2.58. The molecule has 1 aliphatic rings. The molecule has 2 nitrogen and oxygen atoms in total. The van der Waals surface area contributed by atoms with E-state index >= 15 is 0 Å². The van der Waals surface area contributed by atoms with Crippen LogP contribution >= 0.6 is 0 Å². The highest BCUT2D eigenvalue weighted by Crippen LogP contribution is 2.33. The van der Waals surface area contributed by atoms with Crippen molar-refractivity contribution in [3.05, 3.63) is 23.8 Å². The van der Waals surface area contributed by atoms with Gasteiger partial charge < -0.3 is 10.6 Å². The topological polar surface area (TPSA) is 29.3 Å². The molecule has 1 aromatic rings. The molecule has 0 unspecified atom stereocenters. The zero-order chi connectivity index (χ0) is 11.8. The maximum atomic E-state index is 5.99. The maximum absolute atomic E-state index is 5.99. The summed E-state index contributed by atoms with van der Waals surface area (Å²) >= 11 is 0. The fraction of sp³-hybridized carbons (Fsp3) is 0.571. The summed E-state index contributed by atoms with van der Waals surface area (Å²) in [5.41, 5.74) is 10.0. The molecule has 0 aromatic heterocycles. The van der Waals surface area contributed by atoms with Crippen LogP contribution in [0.25, 0.3) is 0 Å². The number of benzene rings is 1. The summed E-state index contributed by atoms with van der Waals surface area (Å²) in [5, 5.41) is 0. The van der Waals surface area contributed by atoms with Gasteiger partial charge in [0.15, 0.2) is 0 Å². The molecule has 0 saturated carbocycles. The van der Waals surface area contributed by atoms with Gasteiger partial charge in [-0.25, -0.2) is 0 Å². The minimum absolute atomic E-state index is 0.406. The lowest BCUT2D eigenvalue weighted by Crippen LogP contribution is -2.25. The summed E-state index contributed by atoms with van der Waals surface area (Å²) in [6, 6.07) is 6.26. The van der Waals surface area contributed by atoms with Gasteiger partial charge in [0.1, 0.15) is 0 Å². The van der Waals surface area contributed by atoms with Gasteiger partial charge in [0.05, 0.1) is 0 Å². The SMILES string of the molecule is CC(C)(C)CCN1CCc2c(N)cccc21. The molecule has 0 atom stereocenters. The molecule has 2 rings (SSSR count). The first kappa shape index (κ1) is 11.3. The number of fused-ring (bicyclic) bond motifs is 1. The Morgan fingerprint density at radius 2 is 2.06 bits per heavy atom. The quantitative estimate of drug-likeness (QED) is 0.773. The minimum Gasteiger partial charge on any atom is -0.398 e. The van der Waals surface area contributed by atoms with Crippen LogP contribution in [0.5, 0.6) is 0 Å². The zero-order valence-electron chi connectivity index (χ0n) is 10.6. The van der Waals surface area contributed by atoms with Crippen molar-refractivity contribution in [2.75, 3.05) is 23.7 Å². The molecule has 0 spiro atoms. The fourth-order valence-electron chi connectivity index (χ4n) is 2.23. The van der Waals surface area contributed by atoms with E-state index in [0.717, 1.165) is 25.2 Å². The zero-order valence-corrected chi connectivity index (χ0v) is 10.6. The van der Waals surface area contributed by atoms with Crippen LogP contribution < -0.4 is 10.6 Å². The summed E-state index contributed by atoms with van der Waals surface area (Å²) < 4.78 is 0. The van der Waals surface area contributed by atoms with Crippen LogP contribution in [0.4, 0.5) is 11.4 Å². The lowest BCUT2D eigenvalue weighted by Gasteiger charge is -2.25. The monoisotopic (exact) mass is 218 g/mol. The molecule has 16 heavy (non-hydrogen) atoms. The van der Waals surface area contributed by atoms with E-state index in [2.05, 4.69) is 37.8 Å². The highest BCUT2D eigenvalue weighted by atomic mass is 15.1. The second-order valence-corrected chi connectivity index (χ2v) is 5.89. The molecule has 88 valence electrons. The van der Waals surface area contributed by atoms with E-state index in [1.807, 2.05) is 6.07 Å². The summed E-state index contributed by atoms with van der Waals surface area (Å²) in [4.78, 5) is 2.47. The molecule has 1 aliphatic heterocycles. The van der Waals surface area contributed by atoms with E-state index in [1.54, 1.807) is 0 Å². The smallest absolute Gasteiger partial charge is 0.0420 e. The Labute approximate surface area is 98.4 Å². The van der Waals surface area contributed by atoms with Gasteiger partial charge in [0, 0.05) is 30.0 Å². The number of anilines is 2. The molecule has 2 N–H and O–H groups in total. The number of nitrogens with two attached hydrogens (primary N) is 1. The number of hydrogen-bond acceptors (Lipinski definition) is 2. The molecule has 0 aliphatic carbocycles. The number of nitrogen functional groups attached to an aromatic ring is 1. The first-order valence-corrected chi connectivity index (χ1v) is 6.10. The van der Waals surface area contributed by atoms with Crippen LogP contribution in [-0.2, 0) is 6.42 Å². The van der Waals surface area contributed by atoms with E-state index in [1.165, 1.54) is 17.7 Å². The van der Waals surface area contributed by atoms with E-state index in [0.29, 0.717) is 5.41 Å². The van der Waals surface area contributed by atoms with Gasteiger partial charge in [0.2, 0.25) is 0 Å². The van der Waals surface area contributed by atoms with Crippen LogP contribution in [0.3, 0.4) is 0 Å². The summed E-state index contributed by atoms with van der Waals surface area (Å²) in [6.07, 6.45) is 2.33. The fourth-order valence-corrected chi connectivity index (χ4v) is 2.23. The second-order valence-electron chi connectivity index (χ2n) is 5.89. The first-order chi connectivity index (χ1) is 7.47. The highest BCUT2D eigenvalue weighted by molar-refractivity contribution is 5.68. The Kier molecular flexibility index (Phi) is 2.83. The van der Waals surface area contributed by atoms with E-state index in [-0.39, 0.29) is 0 Å². The lowest BCUT2D eigenvalue weighted by molar-refractivity contribution is 0.380. The van der Waals surface area contributed by atoms with Crippen LogP contribution in [0, 0.1) is 5.41 Å². The van der Waals surface area contributed by atoms with Gasteiger partial charge in [-0.15, -0.1) is 0 Å². The Morgan fingerprint density at radius 3 is 2.75 bits per heavy atom. The van der Waals surface area contributed by atoms with Crippen molar-refractivity contribution < 1.29 is 0 Å². The molecule has 0 radical (unpaired) electrons. The third-order valence-corrected chi connectivity index (χ3v) is 3.29. The molecule has 1 aromatic carbocycles. The van der Waals surface area contributed by atoms with Crippen molar-refractivity contribution in [3.8, 4) is 0 Å². The van der Waals surface area contributed by atoms with Gasteiger partial charge in [-0.2, -0.15) is 0 Å². The van der Waals surface area contributed by atoms with Gasteiger partial charge in [-0.3, -0.25) is 0 Å². The molecule has 0 fully saturated rings. The van der Waals surface area contributed by atoms with Gasteiger partial charge in [-0.1, -0.05) is 26.8 Å². The molecule has 0 saturated heterocycles. The standard InChI is InChI=1S/C14H22N2/c1-14(2,3)8-10-16-9-7-11-12(15)5-4-6-13(11)16/h4-6H,7-10,15H2,1-3H3. The van der Waals surface area contributed by atoms with Crippen molar-refractivity contribution in [2.24, 2.45) is 5.41 Å². The van der Waals surface area contributed by atoms with Crippen molar-refractivity contribution in [3.63, 3.8) is 0 Å². The Morgan fingerprint density at radius 1 is 1.31 bits per heavy atom. The Balaban J connectivity index is 2.09. The van der Waals surface area contributed by atoms with Crippen molar-refractivity contribution >= 4 is 11.4 Å². The lowest BCUT2D eigenvalue weighted by atomic mass is 9.92. The number of hydrogen-bond donors (Lipinski definition) is 1. The van der Waals surface area contributed by atoms with Crippen molar-refractivity contribution in [1.82, 2.24) is 0 Å². The molecular weight excluding hydrogens is 196 g/mol. The van der Waals surface area contributed by atoms with Crippen LogP contribution in [0.2, 0.25) is 0 Å². The van der Waals surface area contributed by atoms with E-state index < -0.39 is 0 Å². The van der Waals surface area contributed by atoms with Crippen LogP contribution in [0.15, 0.2) is 18.2 Å². The molecule has 2 heteroatoms. The molecule has 0 amide bonds.